The van der Waals surface area contributed by atoms with Gasteiger partial charge in [0.15, 0.2) is 11.4 Å². The van der Waals surface area contributed by atoms with Gasteiger partial charge in [0.05, 0.1) is 25.4 Å². The molecule has 15 heteroatoms. The van der Waals surface area contributed by atoms with Crippen LogP contribution in [-0.2, 0) is 15.7 Å². The summed E-state index contributed by atoms with van der Waals surface area (Å²) in [6, 6.07) is 3.39. The predicted molar refractivity (Wildman–Crippen MR) is 142 cm³/mol. The molecule has 1 aromatic carbocycles. The van der Waals surface area contributed by atoms with Crippen molar-refractivity contribution in [3.8, 4) is 11.9 Å². The molecule has 0 saturated carbocycles. The third kappa shape index (κ3) is 8.68. The van der Waals surface area contributed by atoms with Gasteiger partial charge in [-0.05, 0) is 32.0 Å². The molecule has 0 radical (unpaired) electrons. The quantitative estimate of drug-likeness (QED) is 0.335. The van der Waals surface area contributed by atoms with Gasteiger partial charge >= 0.3 is 6.18 Å². The highest BCUT2D eigenvalue weighted by Gasteiger charge is 2.32. The lowest BCUT2D eigenvalue weighted by Crippen LogP contribution is -2.41. The van der Waals surface area contributed by atoms with Crippen LogP contribution >= 0.6 is 0 Å². The number of nitrogens with zero attached hydrogens (tertiary/aromatic N) is 4. The SMILES string of the molecule is C.CCOc1nc(N)nc(N[C@@H](C)C(=O)Nc2cc(C(=O)NCCN3CCOCC3)cc(C(F)(F)F)c2)c1C#N. The fraction of sp³-hybridized carbons (Fsp3) is 0.480. The second-order valence-electron chi connectivity index (χ2n) is 8.52. The Morgan fingerprint density at radius 3 is 2.58 bits per heavy atom. The van der Waals surface area contributed by atoms with Gasteiger partial charge in [-0.25, -0.2) is 0 Å². The number of alkyl halides is 3. The van der Waals surface area contributed by atoms with E-state index in [9.17, 15) is 28.0 Å². The summed E-state index contributed by atoms with van der Waals surface area (Å²) in [5.41, 5.74) is 3.96. The van der Waals surface area contributed by atoms with Crippen LogP contribution in [0.5, 0.6) is 5.88 Å². The van der Waals surface area contributed by atoms with Crippen LogP contribution in [0.4, 0.5) is 30.6 Å². The van der Waals surface area contributed by atoms with E-state index < -0.39 is 29.6 Å². The molecule has 2 amide bonds. The number of anilines is 3. The number of amides is 2. The second-order valence-corrected chi connectivity index (χ2v) is 8.52. The van der Waals surface area contributed by atoms with Crippen LogP contribution in [-0.4, -0.2) is 78.7 Å². The molecule has 1 aliphatic rings. The van der Waals surface area contributed by atoms with Gasteiger partial charge in [-0.3, -0.25) is 14.5 Å². The standard InChI is InChI=1S/C24H29F3N8O4.CH4/c1-3-39-22-18(13-28)19(33-23(29)34-22)31-14(2)20(36)32-17-11-15(10-16(12-17)24(25,26)27)21(37)30-4-5-35-6-8-38-9-7-35;/h10-12,14H,3-9H2,1-2H3,(H,30,37)(H,32,36)(H3,29,31,33,34);1H4/t14-;/m0./s1. The van der Waals surface area contributed by atoms with Gasteiger partial charge in [-0.2, -0.15) is 28.4 Å². The summed E-state index contributed by atoms with van der Waals surface area (Å²) < 4.78 is 51.2. The minimum absolute atomic E-state index is 0. The number of nitrogens with two attached hydrogens (primary N) is 1. The molecule has 2 aromatic rings. The minimum atomic E-state index is -4.76. The molecule has 218 valence electrons. The van der Waals surface area contributed by atoms with Crippen LogP contribution < -0.4 is 26.4 Å². The number of aromatic nitrogens is 2. The van der Waals surface area contributed by atoms with Gasteiger partial charge in [0, 0.05) is 37.4 Å². The molecule has 1 aromatic heterocycles. The Morgan fingerprint density at radius 2 is 1.95 bits per heavy atom. The van der Waals surface area contributed by atoms with Gasteiger partial charge < -0.3 is 31.2 Å². The maximum absolute atomic E-state index is 13.6. The predicted octanol–water partition coefficient (Wildman–Crippen LogP) is 2.49. The summed E-state index contributed by atoms with van der Waals surface area (Å²) in [5.74, 6) is -1.85. The molecule has 5 N–H and O–H groups in total. The number of hydrogen-bond acceptors (Lipinski definition) is 10. The summed E-state index contributed by atoms with van der Waals surface area (Å²) in [4.78, 5) is 35.3. The normalized spacial score (nSPS) is 14.3. The molecule has 2 heterocycles. The molecular formula is C25H33F3N8O4. The van der Waals surface area contributed by atoms with E-state index in [1.807, 2.05) is 6.07 Å². The van der Waals surface area contributed by atoms with Crippen molar-refractivity contribution in [1.82, 2.24) is 20.2 Å². The first-order valence-electron chi connectivity index (χ1n) is 12.1. The smallest absolute Gasteiger partial charge is 0.416 e. The Kier molecular flexibility index (Phi) is 11.5. The Balaban J connectivity index is 0.00000560. The Hall–Kier alpha value is -4.16. The molecule has 12 nitrogen and oxygen atoms in total. The number of hydrogen-bond donors (Lipinski definition) is 4. The highest BCUT2D eigenvalue weighted by Crippen LogP contribution is 2.32. The summed E-state index contributed by atoms with van der Waals surface area (Å²) in [7, 11) is 0. The van der Waals surface area contributed by atoms with Gasteiger partial charge in [-0.1, -0.05) is 7.43 Å². The molecule has 1 atom stereocenters. The second kappa shape index (κ2) is 14.3. The average molecular weight is 567 g/mol. The third-order valence-corrected chi connectivity index (χ3v) is 5.64. The van der Waals surface area contributed by atoms with Crippen LogP contribution in [0.3, 0.4) is 0 Å². The number of nitrogen functional groups attached to an aromatic ring is 1. The van der Waals surface area contributed by atoms with E-state index >= 15 is 0 Å². The summed E-state index contributed by atoms with van der Waals surface area (Å²) >= 11 is 0. The first-order valence-corrected chi connectivity index (χ1v) is 12.1. The molecular weight excluding hydrogens is 533 g/mol. The summed E-state index contributed by atoms with van der Waals surface area (Å²) in [5, 5.41) is 17.2. The van der Waals surface area contributed by atoms with Crippen molar-refractivity contribution in [3.63, 3.8) is 0 Å². The highest BCUT2D eigenvalue weighted by molar-refractivity contribution is 5.99. The zero-order chi connectivity index (χ0) is 28.6. The number of benzene rings is 1. The lowest BCUT2D eigenvalue weighted by molar-refractivity contribution is -0.137. The number of rotatable bonds is 10. The molecule has 1 aliphatic heterocycles. The monoisotopic (exact) mass is 566 g/mol. The number of nitrogens with one attached hydrogen (secondary N) is 3. The minimum Gasteiger partial charge on any atom is -0.477 e. The average Bonchev–Trinajstić information content (AvgIpc) is 2.88. The molecule has 0 spiro atoms. The molecule has 1 fully saturated rings. The number of morpholine rings is 1. The van der Waals surface area contributed by atoms with E-state index in [0.29, 0.717) is 32.8 Å². The molecule has 0 bridgehead atoms. The zero-order valence-corrected chi connectivity index (χ0v) is 21.4. The molecule has 1 saturated heterocycles. The summed E-state index contributed by atoms with van der Waals surface area (Å²) in [6.07, 6.45) is -4.76. The van der Waals surface area contributed by atoms with Crippen molar-refractivity contribution in [2.75, 3.05) is 62.4 Å². The van der Waals surface area contributed by atoms with Crippen LogP contribution in [0.25, 0.3) is 0 Å². The number of halogens is 3. The Labute approximate surface area is 230 Å². The fourth-order valence-electron chi connectivity index (χ4n) is 3.67. The van der Waals surface area contributed by atoms with Crippen molar-refractivity contribution in [2.45, 2.75) is 33.5 Å². The lowest BCUT2D eigenvalue weighted by atomic mass is 10.1. The largest absolute Gasteiger partial charge is 0.477 e. The topological polar surface area (TPSA) is 168 Å². The Morgan fingerprint density at radius 1 is 1.25 bits per heavy atom. The number of carbonyl (C=O) groups excluding carboxylic acids is 2. The number of ether oxygens (including phenoxy) is 2. The van der Waals surface area contributed by atoms with Gasteiger partial charge in [-0.15, -0.1) is 0 Å². The van der Waals surface area contributed by atoms with E-state index in [2.05, 4.69) is 30.8 Å². The lowest BCUT2D eigenvalue weighted by Gasteiger charge is -2.26. The van der Waals surface area contributed by atoms with Gasteiger partial charge in [0.2, 0.25) is 17.7 Å². The van der Waals surface area contributed by atoms with Crippen molar-refractivity contribution in [3.05, 3.63) is 34.9 Å². The van der Waals surface area contributed by atoms with Crippen molar-refractivity contribution in [2.24, 2.45) is 0 Å². The fourth-order valence-corrected chi connectivity index (χ4v) is 3.67. The molecule has 0 aliphatic carbocycles. The van der Waals surface area contributed by atoms with E-state index in [0.717, 1.165) is 18.2 Å². The van der Waals surface area contributed by atoms with Crippen molar-refractivity contribution >= 4 is 29.3 Å². The first kappa shape index (κ1) is 32.1. The van der Waals surface area contributed by atoms with E-state index in [1.165, 1.54) is 6.92 Å². The number of carbonyl (C=O) groups is 2. The van der Waals surface area contributed by atoms with Gasteiger partial charge in [0.25, 0.3) is 5.91 Å². The third-order valence-electron chi connectivity index (χ3n) is 5.64. The molecule has 0 unspecified atom stereocenters. The molecule has 40 heavy (non-hydrogen) atoms. The van der Waals surface area contributed by atoms with Gasteiger partial charge in [0.1, 0.15) is 12.1 Å². The van der Waals surface area contributed by atoms with Crippen LogP contribution in [0.15, 0.2) is 18.2 Å². The Bertz CT molecular complexity index is 1230. The van der Waals surface area contributed by atoms with Crippen LogP contribution in [0, 0.1) is 11.3 Å². The zero-order valence-electron chi connectivity index (χ0n) is 21.4. The molecule has 3 rings (SSSR count). The number of nitriles is 1. The van der Waals surface area contributed by atoms with Crippen LogP contribution in [0.1, 0.15) is 42.8 Å². The van der Waals surface area contributed by atoms with Crippen molar-refractivity contribution in [1.29, 1.82) is 5.26 Å². The van der Waals surface area contributed by atoms with Crippen molar-refractivity contribution < 1.29 is 32.2 Å². The van der Waals surface area contributed by atoms with E-state index in [1.54, 1.807) is 6.92 Å². The maximum atomic E-state index is 13.6. The highest BCUT2D eigenvalue weighted by atomic mass is 19.4. The van der Waals surface area contributed by atoms with E-state index in [4.69, 9.17) is 15.2 Å². The maximum Gasteiger partial charge on any atom is 0.416 e. The first-order chi connectivity index (χ1) is 18.5. The van der Waals surface area contributed by atoms with E-state index in [-0.39, 0.29) is 55.0 Å². The van der Waals surface area contributed by atoms with Crippen LogP contribution in [0.2, 0.25) is 0 Å². The summed E-state index contributed by atoms with van der Waals surface area (Å²) in [6.45, 7) is 6.58.